The second kappa shape index (κ2) is 6.76. The molecule has 1 aromatic carbocycles. The molecule has 5 rings (SSSR count). The standard InChI is InChI=1S/C21H29N5S/c1-24-6-8-26(9-7-24)21(27)23-15-11-17-16-4-3-5-18-20(16)14(12-22-18)10-19(17)25(2)13-15/h3-5,12,15,17,19,22H,6-11,13H2,1-2H3,(H,23,27)/t15-,17?,19+/m0/s1. The van der Waals surface area contributed by atoms with Crippen molar-refractivity contribution >= 4 is 28.2 Å². The minimum atomic E-state index is 0.416. The summed E-state index contributed by atoms with van der Waals surface area (Å²) in [4.78, 5) is 10.7. The quantitative estimate of drug-likeness (QED) is 0.737. The third-order valence-corrected chi connectivity index (χ3v) is 7.22. The SMILES string of the molecule is CN1CCN(C(=S)N[C@H]2CC3c4cccc5[nH]cc(c45)C[C@H]3N(C)C2)CC1. The number of thiocarbonyl (C=S) groups is 1. The molecule has 1 unspecified atom stereocenters. The van der Waals surface area contributed by atoms with Crippen molar-refractivity contribution in [3.63, 3.8) is 0 Å². The van der Waals surface area contributed by atoms with Crippen LogP contribution >= 0.6 is 12.2 Å². The maximum atomic E-state index is 5.76. The molecule has 2 N–H and O–H groups in total. The van der Waals surface area contributed by atoms with E-state index in [1.54, 1.807) is 0 Å². The van der Waals surface area contributed by atoms with E-state index < -0.39 is 0 Å². The first-order valence-corrected chi connectivity index (χ1v) is 10.5. The fourth-order valence-corrected chi connectivity index (χ4v) is 5.67. The normalized spacial score (nSPS) is 29.0. The number of hydrogen-bond acceptors (Lipinski definition) is 3. The summed E-state index contributed by atoms with van der Waals surface area (Å²) < 4.78 is 0. The molecule has 2 aromatic rings. The molecule has 0 bridgehead atoms. The second-order valence-electron chi connectivity index (χ2n) is 8.57. The highest BCUT2D eigenvalue weighted by Gasteiger charge is 2.39. The van der Waals surface area contributed by atoms with Crippen molar-refractivity contribution in [3.05, 3.63) is 35.5 Å². The Morgan fingerprint density at radius 3 is 2.81 bits per heavy atom. The van der Waals surface area contributed by atoms with Gasteiger partial charge in [-0.3, -0.25) is 0 Å². The molecule has 144 valence electrons. The van der Waals surface area contributed by atoms with Crippen molar-refractivity contribution in [2.45, 2.75) is 30.8 Å². The predicted molar refractivity (Wildman–Crippen MR) is 114 cm³/mol. The zero-order chi connectivity index (χ0) is 18.5. The van der Waals surface area contributed by atoms with Gasteiger partial charge in [0, 0.05) is 67.8 Å². The number of piperazine rings is 1. The van der Waals surface area contributed by atoms with Gasteiger partial charge in [-0.15, -0.1) is 0 Å². The third kappa shape index (κ3) is 3.04. The second-order valence-corrected chi connectivity index (χ2v) is 8.96. The Kier molecular flexibility index (Phi) is 4.37. The van der Waals surface area contributed by atoms with Crippen molar-refractivity contribution in [2.75, 3.05) is 46.8 Å². The van der Waals surface area contributed by atoms with Gasteiger partial charge in [0.2, 0.25) is 0 Å². The molecule has 2 fully saturated rings. The lowest BCUT2D eigenvalue weighted by Gasteiger charge is -2.46. The van der Waals surface area contributed by atoms with E-state index in [0.29, 0.717) is 18.0 Å². The molecule has 1 aliphatic carbocycles. The highest BCUT2D eigenvalue weighted by atomic mass is 32.1. The minimum Gasteiger partial charge on any atom is -0.361 e. The van der Waals surface area contributed by atoms with Crippen LogP contribution in [0.2, 0.25) is 0 Å². The van der Waals surface area contributed by atoms with Gasteiger partial charge >= 0.3 is 0 Å². The summed E-state index contributed by atoms with van der Waals surface area (Å²) >= 11 is 5.76. The summed E-state index contributed by atoms with van der Waals surface area (Å²) in [5, 5.41) is 6.11. The molecule has 3 heterocycles. The average molecular weight is 384 g/mol. The van der Waals surface area contributed by atoms with Crippen molar-refractivity contribution in [1.29, 1.82) is 0 Å². The number of aromatic nitrogens is 1. The topological polar surface area (TPSA) is 37.5 Å². The maximum absolute atomic E-state index is 5.76. The number of nitrogens with zero attached hydrogens (tertiary/aromatic N) is 3. The van der Waals surface area contributed by atoms with Crippen molar-refractivity contribution in [3.8, 4) is 0 Å². The number of piperidine rings is 1. The highest BCUT2D eigenvalue weighted by molar-refractivity contribution is 7.80. The van der Waals surface area contributed by atoms with Gasteiger partial charge in [0.05, 0.1) is 0 Å². The van der Waals surface area contributed by atoms with Crippen LogP contribution in [0.25, 0.3) is 10.9 Å². The summed E-state index contributed by atoms with van der Waals surface area (Å²) in [5.74, 6) is 0.573. The molecule has 2 saturated heterocycles. The number of H-pyrrole nitrogens is 1. The smallest absolute Gasteiger partial charge is 0.169 e. The summed E-state index contributed by atoms with van der Waals surface area (Å²) in [6.45, 7) is 5.31. The van der Waals surface area contributed by atoms with Gasteiger partial charge in [-0.05, 0) is 56.3 Å². The first-order valence-electron chi connectivity index (χ1n) is 10.1. The molecular weight excluding hydrogens is 354 g/mol. The highest BCUT2D eigenvalue weighted by Crippen LogP contribution is 2.42. The molecule has 3 aliphatic rings. The Balaban J connectivity index is 1.35. The Morgan fingerprint density at radius 2 is 2.00 bits per heavy atom. The number of fused-ring (bicyclic) bond motifs is 2. The van der Waals surface area contributed by atoms with E-state index in [4.69, 9.17) is 12.2 Å². The molecule has 0 spiro atoms. The maximum Gasteiger partial charge on any atom is 0.169 e. The molecule has 6 heteroatoms. The summed E-state index contributed by atoms with van der Waals surface area (Å²) in [5.41, 5.74) is 4.28. The van der Waals surface area contributed by atoms with Crippen molar-refractivity contribution in [2.24, 2.45) is 0 Å². The molecule has 3 atom stereocenters. The molecule has 27 heavy (non-hydrogen) atoms. The number of likely N-dealkylation sites (N-methyl/N-ethyl adjacent to an activating group) is 2. The van der Waals surface area contributed by atoms with Gasteiger partial charge in [0.25, 0.3) is 0 Å². The Bertz CT molecular complexity index is 853. The number of nitrogens with one attached hydrogen (secondary N) is 2. The van der Waals surface area contributed by atoms with E-state index in [0.717, 1.165) is 50.7 Å². The molecule has 0 radical (unpaired) electrons. The average Bonchev–Trinajstić information content (AvgIpc) is 3.08. The van der Waals surface area contributed by atoms with Crippen LogP contribution in [0.15, 0.2) is 24.4 Å². The predicted octanol–water partition coefficient (Wildman–Crippen LogP) is 2.00. The van der Waals surface area contributed by atoms with Gasteiger partial charge in [-0.1, -0.05) is 12.1 Å². The van der Waals surface area contributed by atoms with Gasteiger partial charge in [0.1, 0.15) is 0 Å². The molecule has 2 aliphatic heterocycles. The van der Waals surface area contributed by atoms with E-state index in [2.05, 4.69) is 63.5 Å². The third-order valence-electron chi connectivity index (χ3n) is 6.84. The largest absolute Gasteiger partial charge is 0.361 e. The summed E-state index contributed by atoms with van der Waals surface area (Å²) in [6.07, 6.45) is 4.52. The fourth-order valence-electron chi connectivity index (χ4n) is 5.32. The minimum absolute atomic E-state index is 0.416. The monoisotopic (exact) mass is 383 g/mol. The lowest BCUT2D eigenvalue weighted by molar-refractivity contribution is 0.132. The first-order chi connectivity index (χ1) is 13.1. The van der Waals surface area contributed by atoms with E-state index in [1.807, 2.05) is 0 Å². The van der Waals surface area contributed by atoms with Gasteiger partial charge in [0.15, 0.2) is 5.11 Å². The Morgan fingerprint density at radius 1 is 1.19 bits per heavy atom. The van der Waals surface area contributed by atoms with Gasteiger partial charge in [-0.25, -0.2) is 0 Å². The summed E-state index contributed by atoms with van der Waals surface area (Å²) in [7, 11) is 4.46. The number of likely N-dealkylation sites (tertiary alicyclic amines) is 1. The van der Waals surface area contributed by atoms with Gasteiger partial charge in [-0.2, -0.15) is 0 Å². The lowest BCUT2D eigenvalue weighted by atomic mass is 9.74. The van der Waals surface area contributed by atoms with Crippen molar-refractivity contribution in [1.82, 2.24) is 25.0 Å². The van der Waals surface area contributed by atoms with E-state index in [9.17, 15) is 0 Å². The molecule has 0 amide bonds. The van der Waals surface area contributed by atoms with Crippen LogP contribution in [-0.2, 0) is 6.42 Å². The molecule has 0 saturated carbocycles. The molecule has 5 nitrogen and oxygen atoms in total. The van der Waals surface area contributed by atoms with Crippen LogP contribution in [0, 0.1) is 0 Å². The van der Waals surface area contributed by atoms with Crippen LogP contribution in [0.5, 0.6) is 0 Å². The summed E-state index contributed by atoms with van der Waals surface area (Å²) in [6, 6.07) is 7.75. The number of aromatic amines is 1. The number of rotatable bonds is 1. The number of hydrogen-bond donors (Lipinski definition) is 2. The molecular formula is C21H29N5S. The fraction of sp³-hybridized carbons (Fsp3) is 0.571. The molecule has 1 aromatic heterocycles. The lowest BCUT2D eigenvalue weighted by Crippen LogP contribution is -2.58. The van der Waals surface area contributed by atoms with Gasteiger partial charge < -0.3 is 25.0 Å². The van der Waals surface area contributed by atoms with Crippen LogP contribution in [0.4, 0.5) is 0 Å². The van der Waals surface area contributed by atoms with E-state index in [-0.39, 0.29) is 0 Å². The Hall–Kier alpha value is -1.63. The zero-order valence-electron chi connectivity index (χ0n) is 16.2. The first kappa shape index (κ1) is 17.5. The van der Waals surface area contributed by atoms with Crippen LogP contribution in [0.1, 0.15) is 23.5 Å². The van der Waals surface area contributed by atoms with Crippen LogP contribution in [0.3, 0.4) is 0 Å². The van der Waals surface area contributed by atoms with E-state index in [1.165, 1.54) is 22.0 Å². The number of benzene rings is 1. The van der Waals surface area contributed by atoms with Crippen LogP contribution < -0.4 is 5.32 Å². The zero-order valence-corrected chi connectivity index (χ0v) is 17.1. The van der Waals surface area contributed by atoms with Crippen molar-refractivity contribution < 1.29 is 0 Å². The Labute approximate surface area is 166 Å². The van der Waals surface area contributed by atoms with E-state index >= 15 is 0 Å². The van der Waals surface area contributed by atoms with Crippen LogP contribution in [-0.4, -0.2) is 83.7 Å².